The number of aromatic amines is 1. The summed E-state index contributed by atoms with van der Waals surface area (Å²) in [5, 5.41) is 0. The van der Waals surface area contributed by atoms with Crippen molar-refractivity contribution in [3.05, 3.63) is 42.2 Å². The maximum Gasteiger partial charge on any atom is 0.183 e. The summed E-state index contributed by atoms with van der Waals surface area (Å²) in [5.74, 6) is 0.980. The Labute approximate surface area is 132 Å². The van der Waals surface area contributed by atoms with E-state index in [2.05, 4.69) is 35.9 Å². The Morgan fingerprint density at radius 3 is 3.22 bits per heavy atom. The van der Waals surface area contributed by atoms with Gasteiger partial charge in [-0.2, -0.15) is 0 Å². The van der Waals surface area contributed by atoms with Gasteiger partial charge in [-0.1, -0.05) is 6.07 Å². The molecule has 8 heteroatoms. The Morgan fingerprint density at radius 2 is 2.35 bits per heavy atom. The number of nitrogens with two attached hydrogens (primary N) is 1. The summed E-state index contributed by atoms with van der Waals surface area (Å²) >= 11 is 0. The number of hydrogen-bond acceptors (Lipinski definition) is 7. The number of morpholine rings is 1. The molecule has 1 fully saturated rings. The maximum atomic E-state index is 5.97. The van der Waals surface area contributed by atoms with Crippen molar-refractivity contribution in [2.75, 3.05) is 25.4 Å². The van der Waals surface area contributed by atoms with Crippen molar-refractivity contribution in [2.45, 2.75) is 12.6 Å². The number of nitrogens with zero attached hydrogens (tertiary/aromatic N) is 5. The van der Waals surface area contributed by atoms with E-state index in [9.17, 15) is 0 Å². The largest absolute Gasteiger partial charge is 0.382 e. The molecule has 4 heterocycles. The third-order valence-electron chi connectivity index (χ3n) is 3.90. The molecule has 0 bridgehead atoms. The topological polar surface area (TPSA) is 106 Å². The van der Waals surface area contributed by atoms with Crippen molar-refractivity contribution < 1.29 is 4.74 Å². The third-order valence-corrected chi connectivity index (χ3v) is 3.90. The van der Waals surface area contributed by atoms with E-state index >= 15 is 0 Å². The fourth-order valence-electron chi connectivity index (χ4n) is 2.77. The predicted octanol–water partition coefficient (Wildman–Crippen LogP) is 0.904. The Morgan fingerprint density at radius 1 is 1.39 bits per heavy atom. The van der Waals surface area contributed by atoms with Crippen LogP contribution in [0.1, 0.15) is 17.5 Å². The highest BCUT2D eigenvalue weighted by Crippen LogP contribution is 2.23. The number of nitrogens with one attached hydrogen (secondary N) is 1. The molecule has 1 atom stereocenters. The van der Waals surface area contributed by atoms with Gasteiger partial charge in [-0.15, -0.1) is 0 Å². The normalized spacial score (nSPS) is 19.2. The highest BCUT2D eigenvalue weighted by atomic mass is 16.5. The van der Waals surface area contributed by atoms with Crippen LogP contribution in [0.4, 0.5) is 5.82 Å². The number of pyridine rings is 1. The maximum absolute atomic E-state index is 5.97. The van der Waals surface area contributed by atoms with Crippen LogP contribution in [0.3, 0.4) is 0 Å². The van der Waals surface area contributed by atoms with Crippen LogP contribution in [0.25, 0.3) is 11.2 Å². The van der Waals surface area contributed by atoms with Crippen LogP contribution in [-0.2, 0) is 11.3 Å². The van der Waals surface area contributed by atoms with Crippen LogP contribution in [0.2, 0.25) is 0 Å². The Hall–Kier alpha value is -2.58. The molecule has 1 aliphatic heterocycles. The fourth-order valence-corrected chi connectivity index (χ4v) is 2.77. The summed E-state index contributed by atoms with van der Waals surface area (Å²) in [5.41, 5.74) is 8.38. The van der Waals surface area contributed by atoms with Crippen LogP contribution >= 0.6 is 0 Å². The molecule has 0 spiro atoms. The zero-order chi connectivity index (χ0) is 15.6. The number of nitrogen functional groups attached to an aromatic ring is 1. The van der Waals surface area contributed by atoms with Crippen LogP contribution in [0, 0.1) is 0 Å². The van der Waals surface area contributed by atoms with E-state index in [1.54, 1.807) is 12.5 Å². The van der Waals surface area contributed by atoms with Gasteiger partial charge in [0.05, 0.1) is 12.9 Å². The van der Waals surface area contributed by atoms with Gasteiger partial charge in [-0.3, -0.25) is 9.88 Å². The molecule has 0 radical (unpaired) electrons. The van der Waals surface area contributed by atoms with E-state index in [1.807, 2.05) is 12.3 Å². The lowest BCUT2D eigenvalue weighted by atomic mass is 10.2. The molecule has 1 saturated heterocycles. The second-order valence-corrected chi connectivity index (χ2v) is 5.52. The number of H-pyrrole nitrogens is 1. The molecule has 3 N–H and O–H groups in total. The minimum atomic E-state index is -0.205. The smallest absolute Gasteiger partial charge is 0.183 e. The van der Waals surface area contributed by atoms with E-state index in [1.165, 1.54) is 5.56 Å². The fraction of sp³-hybridized carbons (Fsp3) is 0.333. The van der Waals surface area contributed by atoms with Crippen molar-refractivity contribution >= 4 is 17.0 Å². The molecule has 8 nitrogen and oxygen atoms in total. The predicted molar refractivity (Wildman–Crippen MR) is 84.3 cm³/mol. The van der Waals surface area contributed by atoms with Crippen LogP contribution < -0.4 is 5.73 Å². The zero-order valence-corrected chi connectivity index (χ0v) is 12.5. The second-order valence-electron chi connectivity index (χ2n) is 5.52. The van der Waals surface area contributed by atoms with Crippen molar-refractivity contribution in [3.63, 3.8) is 0 Å². The first-order chi connectivity index (χ1) is 11.3. The first-order valence-corrected chi connectivity index (χ1v) is 7.49. The standard InChI is InChI=1S/C15H17N7O/c16-13-12-15(19-9-18-12)21-14(20-13)11-8-22(4-5-23-11)7-10-2-1-3-17-6-10/h1-3,6,9,11H,4-5,7-8H2,(H3,16,18,19,20,21). The first kappa shape index (κ1) is 14.0. The molecular weight excluding hydrogens is 294 g/mol. The molecule has 0 aliphatic carbocycles. The molecule has 0 saturated carbocycles. The van der Waals surface area contributed by atoms with Gasteiger partial charge in [0.2, 0.25) is 0 Å². The van der Waals surface area contributed by atoms with Crippen molar-refractivity contribution in [1.29, 1.82) is 0 Å². The van der Waals surface area contributed by atoms with E-state index in [4.69, 9.17) is 10.5 Å². The summed E-state index contributed by atoms with van der Waals surface area (Å²) < 4.78 is 5.84. The number of fused-ring (bicyclic) bond motifs is 1. The Bertz CT molecular complexity index is 804. The zero-order valence-electron chi connectivity index (χ0n) is 12.5. The van der Waals surface area contributed by atoms with Crippen LogP contribution in [-0.4, -0.2) is 49.5 Å². The lowest BCUT2D eigenvalue weighted by Crippen LogP contribution is -2.38. The average Bonchev–Trinajstić information content (AvgIpc) is 3.05. The van der Waals surface area contributed by atoms with Crippen LogP contribution in [0.15, 0.2) is 30.9 Å². The monoisotopic (exact) mass is 311 g/mol. The summed E-state index contributed by atoms with van der Waals surface area (Å²) in [6, 6.07) is 4.02. The Kier molecular flexibility index (Phi) is 3.60. The van der Waals surface area contributed by atoms with Crippen molar-refractivity contribution in [1.82, 2.24) is 29.8 Å². The number of aromatic nitrogens is 5. The molecule has 0 amide bonds. The SMILES string of the molecule is Nc1nc(C2CN(Cc3cccnc3)CCO2)nc2nc[nH]c12. The molecule has 23 heavy (non-hydrogen) atoms. The van der Waals surface area contributed by atoms with E-state index in [0.29, 0.717) is 36.0 Å². The van der Waals surface area contributed by atoms with Gasteiger partial charge in [-0.25, -0.2) is 15.0 Å². The number of anilines is 1. The summed E-state index contributed by atoms with van der Waals surface area (Å²) in [6.45, 7) is 3.04. The minimum absolute atomic E-state index is 0.205. The molecule has 4 rings (SSSR count). The number of rotatable bonds is 3. The van der Waals surface area contributed by atoms with Crippen molar-refractivity contribution in [3.8, 4) is 0 Å². The minimum Gasteiger partial charge on any atom is -0.382 e. The molecule has 1 aliphatic rings. The molecule has 1 unspecified atom stereocenters. The lowest BCUT2D eigenvalue weighted by Gasteiger charge is -2.32. The number of imidazole rings is 1. The van der Waals surface area contributed by atoms with Gasteiger partial charge in [0.15, 0.2) is 17.3 Å². The third kappa shape index (κ3) is 2.86. The highest BCUT2D eigenvalue weighted by molar-refractivity contribution is 5.80. The van der Waals surface area contributed by atoms with Gasteiger partial charge in [-0.05, 0) is 11.6 Å². The number of hydrogen-bond donors (Lipinski definition) is 2. The highest BCUT2D eigenvalue weighted by Gasteiger charge is 2.25. The van der Waals surface area contributed by atoms with Crippen molar-refractivity contribution in [2.24, 2.45) is 0 Å². The molecule has 3 aromatic heterocycles. The molecule has 3 aromatic rings. The average molecular weight is 311 g/mol. The van der Waals surface area contributed by atoms with Gasteiger partial charge >= 0.3 is 0 Å². The molecule has 118 valence electrons. The second kappa shape index (κ2) is 5.90. The van der Waals surface area contributed by atoms with Gasteiger partial charge < -0.3 is 15.5 Å². The van der Waals surface area contributed by atoms with Crippen LogP contribution in [0.5, 0.6) is 0 Å². The summed E-state index contributed by atoms with van der Waals surface area (Å²) in [6.07, 6.45) is 5.02. The Balaban J connectivity index is 1.54. The summed E-state index contributed by atoms with van der Waals surface area (Å²) in [7, 11) is 0. The quantitative estimate of drug-likeness (QED) is 0.740. The molecule has 0 aromatic carbocycles. The van der Waals surface area contributed by atoms with Gasteiger partial charge in [0.25, 0.3) is 0 Å². The first-order valence-electron chi connectivity index (χ1n) is 7.49. The van der Waals surface area contributed by atoms with Gasteiger partial charge in [0, 0.05) is 32.0 Å². The van der Waals surface area contributed by atoms with E-state index in [0.717, 1.165) is 13.1 Å². The van der Waals surface area contributed by atoms with E-state index in [-0.39, 0.29) is 6.10 Å². The summed E-state index contributed by atoms with van der Waals surface area (Å²) in [4.78, 5) is 22.4. The number of ether oxygens (including phenoxy) is 1. The molecular formula is C15H17N7O. The van der Waals surface area contributed by atoms with E-state index < -0.39 is 0 Å². The van der Waals surface area contributed by atoms with Gasteiger partial charge in [0.1, 0.15) is 11.6 Å². The lowest BCUT2D eigenvalue weighted by molar-refractivity contribution is -0.0370.